The number of rotatable bonds is 7. The molecule has 0 N–H and O–H groups in total. The van der Waals surface area contributed by atoms with Crippen LogP contribution in [-0.4, -0.2) is 34.1 Å². The van der Waals surface area contributed by atoms with Crippen LogP contribution in [0.25, 0.3) is 28.2 Å². The molecule has 36 heavy (non-hydrogen) atoms. The number of fused-ring (bicyclic) bond motifs is 1. The summed E-state index contributed by atoms with van der Waals surface area (Å²) in [5.41, 5.74) is 1.22. The molecule has 9 heteroatoms. The Balaban J connectivity index is 1.26. The summed E-state index contributed by atoms with van der Waals surface area (Å²) >= 11 is 0.846. The predicted molar refractivity (Wildman–Crippen MR) is 138 cm³/mol. The number of imide groups is 1. The number of hydrogen-bond acceptors (Lipinski definition) is 7. The summed E-state index contributed by atoms with van der Waals surface area (Å²) < 4.78 is 11.7. The highest BCUT2D eigenvalue weighted by Crippen LogP contribution is 2.34. The maximum atomic E-state index is 12.9. The lowest BCUT2D eigenvalue weighted by Crippen LogP contribution is -2.32. The van der Waals surface area contributed by atoms with Crippen LogP contribution in [0, 0.1) is 17.0 Å². The van der Waals surface area contributed by atoms with Gasteiger partial charge in [-0.2, -0.15) is 0 Å². The van der Waals surface area contributed by atoms with E-state index in [9.17, 15) is 19.7 Å². The highest BCUT2D eigenvalue weighted by molar-refractivity contribution is 8.18. The highest BCUT2D eigenvalue weighted by atomic mass is 32.2. The Kier molecular flexibility index (Phi) is 6.30. The summed E-state index contributed by atoms with van der Waals surface area (Å²) in [6, 6.07) is 21.7. The topological polar surface area (TPSA) is 103 Å². The number of benzene rings is 3. The maximum absolute atomic E-state index is 12.9. The van der Waals surface area contributed by atoms with Gasteiger partial charge in [0.2, 0.25) is 0 Å². The second kappa shape index (κ2) is 9.71. The molecule has 8 nitrogen and oxygen atoms in total. The van der Waals surface area contributed by atoms with E-state index in [2.05, 4.69) is 0 Å². The third kappa shape index (κ3) is 4.60. The monoisotopic (exact) mass is 500 g/mol. The van der Waals surface area contributed by atoms with Gasteiger partial charge in [-0.25, -0.2) is 0 Å². The van der Waals surface area contributed by atoms with Crippen molar-refractivity contribution < 1.29 is 23.7 Å². The van der Waals surface area contributed by atoms with Crippen LogP contribution in [0.4, 0.5) is 10.5 Å². The van der Waals surface area contributed by atoms with Crippen molar-refractivity contribution in [2.24, 2.45) is 0 Å². The molecule has 4 aromatic rings. The molecule has 1 saturated heterocycles. The third-order valence-corrected chi connectivity index (χ3v) is 6.68. The molecule has 5 rings (SSSR count). The first-order valence-electron chi connectivity index (χ1n) is 11.1. The molecule has 1 aliphatic rings. The number of aryl methyl sites for hydroxylation is 1. The average Bonchev–Trinajstić information content (AvgIpc) is 3.44. The van der Waals surface area contributed by atoms with Gasteiger partial charge in [0.25, 0.3) is 16.8 Å². The average molecular weight is 501 g/mol. The minimum Gasteiger partial charge on any atom is -0.491 e. The number of nitro benzene ring substituents is 1. The van der Waals surface area contributed by atoms with Crippen molar-refractivity contribution in [3.8, 4) is 17.1 Å². The Morgan fingerprint density at radius 3 is 2.67 bits per heavy atom. The number of hydrogen-bond donors (Lipinski definition) is 0. The van der Waals surface area contributed by atoms with Crippen LogP contribution >= 0.6 is 11.8 Å². The Morgan fingerprint density at radius 1 is 1.06 bits per heavy atom. The van der Waals surface area contributed by atoms with E-state index in [1.807, 2.05) is 42.5 Å². The third-order valence-electron chi connectivity index (χ3n) is 5.77. The van der Waals surface area contributed by atoms with Gasteiger partial charge >= 0.3 is 0 Å². The van der Waals surface area contributed by atoms with Gasteiger partial charge in [-0.05, 0) is 54.4 Å². The molecule has 1 aromatic heterocycles. The SMILES string of the molecule is Cc1cc(-c2ccc(/C=C3\SC(=O)N(CCOc4cccc5ccccc45)C3=O)o2)ccc1[N+](=O)[O-]. The van der Waals surface area contributed by atoms with E-state index in [1.54, 1.807) is 31.2 Å². The van der Waals surface area contributed by atoms with Crippen LogP contribution < -0.4 is 4.74 Å². The first kappa shape index (κ1) is 23.4. The van der Waals surface area contributed by atoms with Gasteiger partial charge in [-0.15, -0.1) is 0 Å². The van der Waals surface area contributed by atoms with E-state index < -0.39 is 10.8 Å². The normalized spacial score (nSPS) is 14.7. The molecule has 2 amide bonds. The van der Waals surface area contributed by atoms with Crippen molar-refractivity contribution in [2.75, 3.05) is 13.2 Å². The zero-order valence-corrected chi connectivity index (χ0v) is 20.0. The minimum absolute atomic E-state index is 0.0311. The Hall–Kier alpha value is -4.37. The van der Waals surface area contributed by atoms with E-state index in [0.29, 0.717) is 28.4 Å². The standard InChI is InChI=1S/C27H20N2O6S/c1-17-15-19(9-11-22(17)29(32)33)23-12-10-20(35-23)16-25-26(30)28(27(31)36-25)13-14-34-24-8-4-6-18-5-2-3-7-21(18)24/h2-12,15-16H,13-14H2,1H3/b25-16-. The second-order valence-electron chi connectivity index (χ2n) is 8.12. The fraction of sp³-hybridized carbons (Fsp3) is 0.111. The van der Waals surface area contributed by atoms with E-state index in [0.717, 1.165) is 27.4 Å². The Labute approximate surface area is 210 Å². The number of carbonyl (C=O) groups excluding carboxylic acids is 2. The molecule has 0 bridgehead atoms. The summed E-state index contributed by atoms with van der Waals surface area (Å²) in [5, 5.41) is 12.7. The smallest absolute Gasteiger partial charge is 0.293 e. The van der Waals surface area contributed by atoms with Gasteiger partial charge in [-0.3, -0.25) is 24.6 Å². The van der Waals surface area contributed by atoms with Gasteiger partial charge in [0.1, 0.15) is 23.9 Å². The van der Waals surface area contributed by atoms with Crippen LogP contribution in [0.1, 0.15) is 11.3 Å². The fourth-order valence-electron chi connectivity index (χ4n) is 3.99. The van der Waals surface area contributed by atoms with Crippen molar-refractivity contribution in [2.45, 2.75) is 6.92 Å². The minimum atomic E-state index is -0.435. The molecule has 0 saturated carbocycles. The quantitative estimate of drug-likeness (QED) is 0.164. The molecule has 0 atom stereocenters. The van der Waals surface area contributed by atoms with Gasteiger partial charge in [0.15, 0.2) is 0 Å². The number of amides is 2. The van der Waals surface area contributed by atoms with Crippen molar-refractivity contribution >= 4 is 45.4 Å². The zero-order valence-electron chi connectivity index (χ0n) is 19.2. The molecule has 0 aliphatic carbocycles. The lowest BCUT2D eigenvalue weighted by atomic mass is 10.1. The number of thioether (sulfide) groups is 1. The molecule has 2 heterocycles. The molecule has 0 radical (unpaired) electrons. The second-order valence-corrected chi connectivity index (χ2v) is 9.11. The molecule has 180 valence electrons. The molecule has 3 aromatic carbocycles. The van der Waals surface area contributed by atoms with Crippen LogP contribution in [0.3, 0.4) is 0 Å². The Bertz CT molecular complexity index is 1540. The van der Waals surface area contributed by atoms with Crippen molar-refractivity contribution in [3.05, 3.63) is 99.1 Å². The van der Waals surface area contributed by atoms with E-state index in [4.69, 9.17) is 9.15 Å². The van der Waals surface area contributed by atoms with Crippen molar-refractivity contribution in [1.82, 2.24) is 4.90 Å². The molecular weight excluding hydrogens is 480 g/mol. The molecule has 0 spiro atoms. The Morgan fingerprint density at radius 2 is 1.86 bits per heavy atom. The van der Waals surface area contributed by atoms with Crippen molar-refractivity contribution in [3.63, 3.8) is 0 Å². The van der Waals surface area contributed by atoms with Gasteiger partial charge in [0, 0.05) is 28.7 Å². The highest BCUT2D eigenvalue weighted by Gasteiger charge is 2.35. The van der Waals surface area contributed by atoms with E-state index in [1.165, 1.54) is 12.1 Å². The first-order chi connectivity index (χ1) is 17.4. The zero-order chi connectivity index (χ0) is 25.2. The van der Waals surface area contributed by atoms with Gasteiger partial charge in [-0.1, -0.05) is 36.4 Å². The molecular formula is C27H20N2O6S. The van der Waals surface area contributed by atoms with Crippen LogP contribution in [0.2, 0.25) is 0 Å². The van der Waals surface area contributed by atoms with Crippen LogP contribution in [0.15, 0.2) is 82.1 Å². The largest absolute Gasteiger partial charge is 0.491 e. The molecule has 0 unspecified atom stereocenters. The maximum Gasteiger partial charge on any atom is 0.293 e. The summed E-state index contributed by atoms with van der Waals surface area (Å²) in [5.74, 6) is 1.19. The van der Waals surface area contributed by atoms with Gasteiger partial charge < -0.3 is 9.15 Å². The lowest BCUT2D eigenvalue weighted by Gasteiger charge is -2.14. The lowest BCUT2D eigenvalue weighted by molar-refractivity contribution is -0.385. The van der Waals surface area contributed by atoms with E-state index in [-0.39, 0.29) is 29.0 Å². The van der Waals surface area contributed by atoms with Gasteiger partial charge in [0.05, 0.1) is 16.4 Å². The molecule has 1 aliphatic heterocycles. The molecule has 1 fully saturated rings. The predicted octanol–water partition coefficient (Wildman–Crippen LogP) is 6.43. The number of ether oxygens (including phenoxy) is 1. The van der Waals surface area contributed by atoms with E-state index >= 15 is 0 Å². The summed E-state index contributed by atoms with van der Waals surface area (Å²) in [6.45, 7) is 1.95. The summed E-state index contributed by atoms with van der Waals surface area (Å²) in [7, 11) is 0. The number of nitro groups is 1. The van der Waals surface area contributed by atoms with Crippen molar-refractivity contribution in [1.29, 1.82) is 0 Å². The number of nitrogens with zero attached hydrogens (tertiary/aromatic N) is 2. The first-order valence-corrected chi connectivity index (χ1v) is 11.9. The van der Waals surface area contributed by atoms with Crippen LogP contribution in [-0.2, 0) is 4.79 Å². The van der Waals surface area contributed by atoms with Crippen LogP contribution in [0.5, 0.6) is 5.75 Å². The number of furan rings is 1. The summed E-state index contributed by atoms with van der Waals surface area (Å²) in [6.07, 6.45) is 1.53. The summed E-state index contributed by atoms with van der Waals surface area (Å²) in [4.78, 5) is 37.4. The fourth-order valence-corrected chi connectivity index (χ4v) is 4.83. The number of carbonyl (C=O) groups is 2.